The van der Waals surface area contributed by atoms with Gasteiger partial charge in [0.2, 0.25) is 11.8 Å². The molecule has 2 atom stereocenters. The van der Waals surface area contributed by atoms with Gasteiger partial charge in [0.1, 0.15) is 0 Å². The number of likely N-dealkylation sites (N-methyl/N-ethyl adjacent to an activating group) is 1. The highest BCUT2D eigenvalue weighted by molar-refractivity contribution is 5.91. The van der Waals surface area contributed by atoms with Gasteiger partial charge in [0, 0.05) is 12.8 Å². The van der Waals surface area contributed by atoms with Gasteiger partial charge in [0.15, 0.2) is 5.78 Å². The van der Waals surface area contributed by atoms with Gasteiger partial charge >= 0.3 is 5.97 Å². The molecule has 0 aromatic heterocycles. The molecule has 0 saturated heterocycles. The minimum atomic E-state index is -0.993. The first-order valence-corrected chi connectivity index (χ1v) is 6.80. The summed E-state index contributed by atoms with van der Waals surface area (Å²) in [7, 11) is 1.54. The molecule has 8 nitrogen and oxygen atoms in total. The fourth-order valence-corrected chi connectivity index (χ4v) is 1.64. The Morgan fingerprint density at radius 2 is 1.81 bits per heavy atom. The monoisotopic (exact) mass is 301 g/mol. The second kappa shape index (κ2) is 9.87. The van der Waals surface area contributed by atoms with Crippen LogP contribution in [0.2, 0.25) is 0 Å². The van der Waals surface area contributed by atoms with Crippen molar-refractivity contribution in [3.63, 3.8) is 0 Å². The molecule has 2 amide bonds. The molecule has 120 valence electrons. The minimum absolute atomic E-state index is 0.0933. The number of hydrogen-bond donors (Lipinski definition) is 4. The lowest BCUT2D eigenvalue weighted by Gasteiger charge is -2.16. The number of carbonyl (C=O) groups excluding carboxylic acids is 3. The standard InChI is InChI=1S/C13H23N3O5/c1-4-10(17)8(2)16-11(18)7-15-13(21)9(14-3)5-6-12(19)20/h8-9,14H,4-7H2,1-3H3,(H,15,21)(H,16,18)(H,19,20)/t8-,9+/m0/s1. The Labute approximate surface area is 123 Å². The van der Waals surface area contributed by atoms with Crippen LogP contribution in [0.1, 0.15) is 33.1 Å². The van der Waals surface area contributed by atoms with Crippen molar-refractivity contribution >= 4 is 23.6 Å². The van der Waals surface area contributed by atoms with Crippen molar-refractivity contribution in [2.75, 3.05) is 13.6 Å². The summed E-state index contributed by atoms with van der Waals surface area (Å²) in [6.45, 7) is 3.02. The molecule has 0 radical (unpaired) electrons. The second-order valence-corrected chi connectivity index (χ2v) is 4.60. The second-order valence-electron chi connectivity index (χ2n) is 4.60. The maximum Gasteiger partial charge on any atom is 0.303 e. The molecular weight excluding hydrogens is 278 g/mol. The van der Waals surface area contributed by atoms with Crippen molar-refractivity contribution in [1.29, 1.82) is 0 Å². The zero-order valence-electron chi connectivity index (χ0n) is 12.6. The van der Waals surface area contributed by atoms with Crippen LogP contribution in [-0.4, -0.2) is 54.3 Å². The first-order chi connectivity index (χ1) is 9.81. The lowest BCUT2D eigenvalue weighted by molar-refractivity contribution is -0.137. The largest absolute Gasteiger partial charge is 0.481 e. The lowest BCUT2D eigenvalue weighted by Crippen LogP contribution is -2.48. The molecule has 0 spiro atoms. The summed E-state index contributed by atoms with van der Waals surface area (Å²) in [5.74, 6) is -2.01. The zero-order chi connectivity index (χ0) is 16.4. The number of carboxylic acids is 1. The number of ketones is 1. The van der Waals surface area contributed by atoms with E-state index in [9.17, 15) is 19.2 Å². The van der Waals surface area contributed by atoms with Crippen molar-refractivity contribution in [2.45, 2.75) is 45.2 Å². The summed E-state index contributed by atoms with van der Waals surface area (Å²) in [5, 5.41) is 16.1. The van der Waals surface area contributed by atoms with Gasteiger partial charge < -0.3 is 21.1 Å². The Bertz CT molecular complexity index is 397. The molecule has 21 heavy (non-hydrogen) atoms. The predicted molar refractivity (Wildman–Crippen MR) is 75.6 cm³/mol. The van der Waals surface area contributed by atoms with Crippen LogP contribution in [0.3, 0.4) is 0 Å². The summed E-state index contributed by atoms with van der Waals surface area (Å²) in [4.78, 5) is 45.1. The summed E-state index contributed by atoms with van der Waals surface area (Å²) in [6.07, 6.45) is 0.308. The summed E-state index contributed by atoms with van der Waals surface area (Å²) in [5.41, 5.74) is 0. The highest BCUT2D eigenvalue weighted by Gasteiger charge is 2.19. The number of Topliss-reactive ketones (excluding diaryl/α,β-unsaturated/α-hetero) is 1. The van der Waals surface area contributed by atoms with Crippen molar-refractivity contribution in [1.82, 2.24) is 16.0 Å². The fraction of sp³-hybridized carbons (Fsp3) is 0.692. The molecule has 0 rings (SSSR count). The summed E-state index contributed by atoms with van der Waals surface area (Å²) < 4.78 is 0. The normalized spacial score (nSPS) is 13.1. The van der Waals surface area contributed by atoms with Crippen LogP contribution in [0, 0.1) is 0 Å². The highest BCUT2D eigenvalue weighted by atomic mass is 16.4. The molecule has 0 saturated carbocycles. The van der Waals surface area contributed by atoms with Crippen LogP contribution in [-0.2, 0) is 19.2 Å². The zero-order valence-corrected chi connectivity index (χ0v) is 12.6. The minimum Gasteiger partial charge on any atom is -0.481 e. The van der Waals surface area contributed by atoms with E-state index in [-0.39, 0.29) is 25.2 Å². The fourth-order valence-electron chi connectivity index (χ4n) is 1.64. The lowest BCUT2D eigenvalue weighted by atomic mass is 10.1. The molecule has 0 aliphatic carbocycles. The number of carboxylic acid groups (broad SMARTS) is 1. The molecule has 0 bridgehead atoms. The SMILES string of the molecule is CCC(=O)[C@H](C)NC(=O)CNC(=O)[C@@H](CCC(=O)O)NC. The van der Waals surface area contributed by atoms with E-state index in [0.29, 0.717) is 6.42 Å². The van der Waals surface area contributed by atoms with Gasteiger partial charge in [-0.15, -0.1) is 0 Å². The summed E-state index contributed by atoms with van der Waals surface area (Å²) in [6, 6.07) is -1.27. The van der Waals surface area contributed by atoms with Gasteiger partial charge in [-0.05, 0) is 20.4 Å². The third kappa shape index (κ3) is 8.03. The molecule has 8 heteroatoms. The van der Waals surface area contributed by atoms with Crippen molar-refractivity contribution < 1.29 is 24.3 Å². The molecule has 4 N–H and O–H groups in total. The Balaban J connectivity index is 4.18. The van der Waals surface area contributed by atoms with Crippen LogP contribution in [0.4, 0.5) is 0 Å². The molecule has 0 aromatic carbocycles. The number of hydrogen-bond acceptors (Lipinski definition) is 5. The molecule has 0 aliphatic rings. The van der Waals surface area contributed by atoms with E-state index in [2.05, 4.69) is 16.0 Å². The van der Waals surface area contributed by atoms with Crippen molar-refractivity contribution in [3.8, 4) is 0 Å². The highest BCUT2D eigenvalue weighted by Crippen LogP contribution is 1.97. The molecule has 0 unspecified atom stereocenters. The van der Waals surface area contributed by atoms with E-state index in [0.717, 1.165) is 0 Å². The average molecular weight is 301 g/mol. The van der Waals surface area contributed by atoms with Gasteiger partial charge in [0.25, 0.3) is 0 Å². The van der Waals surface area contributed by atoms with Gasteiger partial charge in [-0.2, -0.15) is 0 Å². The van der Waals surface area contributed by atoms with Crippen LogP contribution in [0.5, 0.6) is 0 Å². The van der Waals surface area contributed by atoms with Crippen LogP contribution in [0.15, 0.2) is 0 Å². The van der Waals surface area contributed by atoms with E-state index < -0.39 is 29.9 Å². The molecule has 0 aliphatic heterocycles. The van der Waals surface area contributed by atoms with E-state index in [1.54, 1.807) is 13.8 Å². The number of rotatable bonds is 10. The summed E-state index contributed by atoms with van der Waals surface area (Å²) >= 11 is 0. The van der Waals surface area contributed by atoms with Gasteiger partial charge in [-0.25, -0.2) is 0 Å². The van der Waals surface area contributed by atoms with Crippen LogP contribution >= 0.6 is 0 Å². The van der Waals surface area contributed by atoms with Crippen LogP contribution < -0.4 is 16.0 Å². The molecule has 0 heterocycles. The van der Waals surface area contributed by atoms with Gasteiger partial charge in [0.05, 0.1) is 18.6 Å². The van der Waals surface area contributed by atoms with Gasteiger partial charge in [-0.1, -0.05) is 6.92 Å². The maximum absolute atomic E-state index is 11.8. The number of nitrogens with one attached hydrogen (secondary N) is 3. The average Bonchev–Trinajstić information content (AvgIpc) is 2.44. The van der Waals surface area contributed by atoms with Gasteiger partial charge in [-0.3, -0.25) is 19.2 Å². The smallest absolute Gasteiger partial charge is 0.303 e. The van der Waals surface area contributed by atoms with Crippen LogP contribution in [0.25, 0.3) is 0 Å². The van der Waals surface area contributed by atoms with E-state index in [1.807, 2.05) is 0 Å². The van der Waals surface area contributed by atoms with Crippen molar-refractivity contribution in [3.05, 3.63) is 0 Å². The Kier molecular flexibility index (Phi) is 8.95. The number of carbonyl (C=O) groups is 4. The van der Waals surface area contributed by atoms with E-state index in [4.69, 9.17) is 5.11 Å². The predicted octanol–water partition coefficient (Wildman–Crippen LogP) is -0.961. The maximum atomic E-state index is 11.8. The number of aliphatic carboxylic acids is 1. The Morgan fingerprint density at radius 1 is 1.19 bits per heavy atom. The first kappa shape index (κ1) is 19.0. The number of amides is 2. The molecule has 0 fully saturated rings. The third-order valence-corrected chi connectivity index (χ3v) is 2.94. The quantitative estimate of drug-likeness (QED) is 0.412. The van der Waals surface area contributed by atoms with E-state index in [1.165, 1.54) is 7.05 Å². The third-order valence-electron chi connectivity index (χ3n) is 2.94. The first-order valence-electron chi connectivity index (χ1n) is 6.80. The topological polar surface area (TPSA) is 125 Å². The van der Waals surface area contributed by atoms with E-state index >= 15 is 0 Å². The Hall–Kier alpha value is -1.96. The van der Waals surface area contributed by atoms with Crippen molar-refractivity contribution in [2.24, 2.45) is 0 Å². The molecule has 0 aromatic rings. The molecular formula is C13H23N3O5. The Morgan fingerprint density at radius 3 is 2.29 bits per heavy atom.